The van der Waals surface area contributed by atoms with Gasteiger partial charge in [0.05, 0.1) is 12.2 Å². The van der Waals surface area contributed by atoms with Gasteiger partial charge in [-0.2, -0.15) is 0 Å². The van der Waals surface area contributed by atoms with Gasteiger partial charge in [0.25, 0.3) is 0 Å². The Morgan fingerprint density at radius 1 is 1.33 bits per heavy atom. The summed E-state index contributed by atoms with van der Waals surface area (Å²) in [6.45, 7) is 2.98. The molecule has 0 aliphatic carbocycles. The van der Waals surface area contributed by atoms with Crippen molar-refractivity contribution in [3.05, 3.63) is 64.7 Å². The monoisotopic (exact) mass is 284 g/mol. The molecular formula is C17H17FN2O. The van der Waals surface area contributed by atoms with Crippen molar-refractivity contribution >= 4 is 5.91 Å². The summed E-state index contributed by atoms with van der Waals surface area (Å²) in [5.74, 6) is -0.0823. The number of benzene rings is 1. The largest absolute Gasteiger partial charge is 0.332 e. The van der Waals surface area contributed by atoms with Gasteiger partial charge in [-0.25, -0.2) is 4.39 Å². The standard InChI is InChI=1S/C17H17FN2O/c1-12-9-13(4-6-15(12)18)5-7-17(21)20-10-14-3-2-8-19-16(14)11-20/h2-4,6,8-9H,5,7,10-11H2,1H3. The van der Waals surface area contributed by atoms with Gasteiger partial charge in [-0.05, 0) is 42.2 Å². The first-order valence-corrected chi connectivity index (χ1v) is 7.09. The van der Waals surface area contributed by atoms with Crippen molar-refractivity contribution in [3.63, 3.8) is 0 Å². The zero-order valence-corrected chi connectivity index (χ0v) is 12.0. The lowest BCUT2D eigenvalue weighted by molar-refractivity contribution is -0.131. The predicted octanol–water partition coefficient (Wildman–Crippen LogP) is 3.00. The number of hydrogen-bond donors (Lipinski definition) is 0. The summed E-state index contributed by atoms with van der Waals surface area (Å²) in [6, 6.07) is 8.93. The van der Waals surface area contributed by atoms with Crippen LogP contribution in [0.5, 0.6) is 0 Å². The third-order valence-electron chi connectivity index (χ3n) is 3.89. The minimum absolute atomic E-state index is 0.120. The Morgan fingerprint density at radius 3 is 2.95 bits per heavy atom. The van der Waals surface area contributed by atoms with Gasteiger partial charge in [0, 0.05) is 19.2 Å². The fraction of sp³-hybridized carbons (Fsp3) is 0.294. The van der Waals surface area contributed by atoms with E-state index in [4.69, 9.17) is 0 Å². The second-order valence-corrected chi connectivity index (χ2v) is 5.44. The van der Waals surface area contributed by atoms with Crippen LogP contribution in [0.1, 0.15) is 28.8 Å². The van der Waals surface area contributed by atoms with E-state index in [-0.39, 0.29) is 11.7 Å². The molecule has 0 saturated carbocycles. The van der Waals surface area contributed by atoms with E-state index in [0.717, 1.165) is 16.8 Å². The van der Waals surface area contributed by atoms with Crippen LogP contribution in [0.4, 0.5) is 4.39 Å². The Bertz CT molecular complexity index is 659. The average Bonchev–Trinajstić information content (AvgIpc) is 2.92. The van der Waals surface area contributed by atoms with Crippen LogP contribution in [-0.2, 0) is 24.3 Å². The van der Waals surface area contributed by atoms with E-state index in [0.29, 0.717) is 31.5 Å². The molecule has 0 unspecified atom stereocenters. The fourth-order valence-corrected chi connectivity index (χ4v) is 2.65. The number of pyridine rings is 1. The number of carbonyl (C=O) groups excluding carboxylic acids is 1. The number of nitrogens with zero attached hydrogens (tertiary/aromatic N) is 2. The molecule has 3 rings (SSSR count). The maximum absolute atomic E-state index is 13.2. The highest BCUT2D eigenvalue weighted by atomic mass is 19.1. The predicted molar refractivity (Wildman–Crippen MR) is 77.9 cm³/mol. The Labute approximate surface area is 123 Å². The maximum Gasteiger partial charge on any atom is 0.223 e. The lowest BCUT2D eigenvalue weighted by Crippen LogP contribution is -2.25. The van der Waals surface area contributed by atoms with Crippen LogP contribution in [0.2, 0.25) is 0 Å². The van der Waals surface area contributed by atoms with Crippen molar-refractivity contribution < 1.29 is 9.18 Å². The molecule has 1 aliphatic rings. The molecule has 0 radical (unpaired) electrons. The minimum atomic E-state index is -0.203. The molecule has 2 heterocycles. The topological polar surface area (TPSA) is 33.2 Å². The van der Waals surface area contributed by atoms with Crippen molar-refractivity contribution in [3.8, 4) is 0 Å². The quantitative estimate of drug-likeness (QED) is 0.868. The maximum atomic E-state index is 13.2. The highest BCUT2D eigenvalue weighted by molar-refractivity contribution is 5.77. The third-order valence-corrected chi connectivity index (χ3v) is 3.89. The van der Waals surface area contributed by atoms with E-state index >= 15 is 0 Å². The summed E-state index contributed by atoms with van der Waals surface area (Å²) in [5, 5.41) is 0. The minimum Gasteiger partial charge on any atom is -0.332 e. The van der Waals surface area contributed by atoms with E-state index < -0.39 is 0 Å². The lowest BCUT2D eigenvalue weighted by atomic mass is 10.1. The SMILES string of the molecule is Cc1cc(CCC(=O)N2Cc3cccnc3C2)ccc1F. The fourth-order valence-electron chi connectivity index (χ4n) is 2.65. The number of rotatable bonds is 3. The van der Waals surface area contributed by atoms with Gasteiger partial charge in [0.2, 0.25) is 5.91 Å². The van der Waals surface area contributed by atoms with E-state index in [1.807, 2.05) is 23.1 Å². The number of fused-ring (bicyclic) bond motifs is 1. The molecule has 0 atom stereocenters. The molecule has 1 aliphatic heterocycles. The van der Waals surface area contributed by atoms with Crippen molar-refractivity contribution in [2.75, 3.05) is 0 Å². The molecule has 0 fully saturated rings. The van der Waals surface area contributed by atoms with Crippen molar-refractivity contribution in [2.45, 2.75) is 32.9 Å². The summed E-state index contributed by atoms with van der Waals surface area (Å²) < 4.78 is 13.2. The zero-order valence-electron chi connectivity index (χ0n) is 12.0. The smallest absolute Gasteiger partial charge is 0.223 e. The number of hydrogen-bond acceptors (Lipinski definition) is 2. The summed E-state index contributed by atoms with van der Waals surface area (Å²) >= 11 is 0. The number of halogens is 1. The molecule has 3 nitrogen and oxygen atoms in total. The number of carbonyl (C=O) groups is 1. The van der Waals surface area contributed by atoms with Gasteiger partial charge < -0.3 is 4.90 Å². The van der Waals surface area contributed by atoms with E-state index in [1.165, 1.54) is 6.07 Å². The molecule has 0 spiro atoms. The Balaban J connectivity index is 1.59. The second-order valence-electron chi connectivity index (χ2n) is 5.44. The molecule has 108 valence electrons. The second kappa shape index (κ2) is 5.64. The molecule has 21 heavy (non-hydrogen) atoms. The van der Waals surface area contributed by atoms with Crippen LogP contribution in [-0.4, -0.2) is 15.8 Å². The number of aryl methyl sites for hydroxylation is 2. The van der Waals surface area contributed by atoms with Gasteiger partial charge in [0.1, 0.15) is 5.82 Å². The highest BCUT2D eigenvalue weighted by Crippen LogP contribution is 2.21. The van der Waals surface area contributed by atoms with Crippen molar-refractivity contribution in [1.82, 2.24) is 9.88 Å². The van der Waals surface area contributed by atoms with Crippen LogP contribution < -0.4 is 0 Å². The van der Waals surface area contributed by atoms with Crippen molar-refractivity contribution in [2.24, 2.45) is 0 Å². The normalized spacial score (nSPS) is 13.3. The van der Waals surface area contributed by atoms with Crippen molar-refractivity contribution in [1.29, 1.82) is 0 Å². The van der Waals surface area contributed by atoms with E-state index in [9.17, 15) is 9.18 Å². The summed E-state index contributed by atoms with van der Waals surface area (Å²) in [4.78, 5) is 18.4. The first-order valence-electron chi connectivity index (χ1n) is 7.09. The molecule has 4 heteroatoms. The highest BCUT2D eigenvalue weighted by Gasteiger charge is 2.23. The zero-order chi connectivity index (χ0) is 14.8. The number of aromatic nitrogens is 1. The molecule has 1 aromatic carbocycles. The van der Waals surface area contributed by atoms with Crippen LogP contribution in [0.3, 0.4) is 0 Å². The molecule has 1 amide bonds. The molecule has 0 N–H and O–H groups in total. The summed E-state index contributed by atoms with van der Waals surface area (Å²) in [7, 11) is 0. The Hall–Kier alpha value is -2.23. The molecular weight excluding hydrogens is 267 g/mol. The van der Waals surface area contributed by atoms with E-state index in [1.54, 1.807) is 19.2 Å². The first kappa shape index (κ1) is 13.7. The van der Waals surface area contributed by atoms with Gasteiger partial charge in [-0.3, -0.25) is 9.78 Å². The van der Waals surface area contributed by atoms with Crippen LogP contribution in [0.15, 0.2) is 36.5 Å². The van der Waals surface area contributed by atoms with Gasteiger partial charge >= 0.3 is 0 Å². The van der Waals surface area contributed by atoms with E-state index in [2.05, 4.69) is 4.98 Å². The van der Waals surface area contributed by atoms with Crippen LogP contribution in [0, 0.1) is 12.7 Å². The Morgan fingerprint density at radius 2 is 2.19 bits per heavy atom. The average molecular weight is 284 g/mol. The number of amides is 1. The summed E-state index contributed by atoms with van der Waals surface area (Å²) in [6.07, 6.45) is 2.84. The lowest BCUT2D eigenvalue weighted by Gasteiger charge is -2.15. The third kappa shape index (κ3) is 2.94. The van der Waals surface area contributed by atoms with Crippen LogP contribution in [0.25, 0.3) is 0 Å². The summed E-state index contributed by atoms with van der Waals surface area (Å²) in [5.41, 5.74) is 3.74. The first-order chi connectivity index (χ1) is 10.1. The molecule has 0 saturated heterocycles. The Kier molecular flexibility index (Phi) is 3.69. The van der Waals surface area contributed by atoms with Gasteiger partial charge in [-0.15, -0.1) is 0 Å². The van der Waals surface area contributed by atoms with Gasteiger partial charge in [-0.1, -0.05) is 18.2 Å². The molecule has 0 bridgehead atoms. The molecule has 1 aromatic heterocycles. The molecule has 2 aromatic rings. The van der Waals surface area contributed by atoms with Crippen LogP contribution >= 0.6 is 0 Å². The van der Waals surface area contributed by atoms with Gasteiger partial charge in [0.15, 0.2) is 0 Å².